The average Bonchev–Trinajstić information content (AvgIpc) is 3.01. The van der Waals surface area contributed by atoms with Gasteiger partial charge in [0.2, 0.25) is 11.7 Å². The number of carbonyl (C=O) groups is 1. The van der Waals surface area contributed by atoms with Crippen molar-refractivity contribution in [1.29, 1.82) is 0 Å². The molecule has 0 spiro atoms. The van der Waals surface area contributed by atoms with Crippen LogP contribution in [0.25, 0.3) is 11.4 Å². The van der Waals surface area contributed by atoms with Crippen molar-refractivity contribution < 1.29 is 32.0 Å². The third kappa shape index (κ3) is 6.92. The van der Waals surface area contributed by atoms with Gasteiger partial charge in [0.15, 0.2) is 6.61 Å². The maximum Gasteiger partial charge on any atom is 0.422 e. The van der Waals surface area contributed by atoms with Crippen LogP contribution in [0.4, 0.5) is 13.2 Å². The minimum atomic E-state index is -4.42. The van der Waals surface area contributed by atoms with Gasteiger partial charge in [-0.05, 0) is 32.9 Å². The van der Waals surface area contributed by atoms with E-state index in [4.69, 9.17) is 14.0 Å². The molecule has 2 rings (SSSR count). The van der Waals surface area contributed by atoms with Crippen LogP contribution in [-0.4, -0.2) is 34.5 Å². The van der Waals surface area contributed by atoms with Crippen molar-refractivity contribution in [3.8, 4) is 17.1 Å². The van der Waals surface area contributed by atoms with Gasteiger partial charge in [-0.3, -0.25) is 4.79 Å². The molecule has 1 atom stereocenters. The van der Waals surface area contributed by atoms with E-state index >= 15 is 0 Å². The summed E-state index contributed by atoms with van der Waals surface area (Å²) in [4.78, 5) is 16.1. The minimum absolute atomic E-state index is 0.0398. The number of hydrogen-bond acceptors (Lipinski definition) is 6. The summed E-state index contributed by atoms with van der Waals surface area (Å²) >= 11 is 0. The van der Waals surface area contributed by atoms with E-state index in [1.54, 1.807) is 33.8 Å². The van der Waals surface area contributed by atoms with Gasteiger partial charge in [-0.2, -0.15) is 18.2 Å². The number of alkyl halides is 3. The molecular weight excluding hydrogens is 365 g/mol. The average molecular weight is 386 g/mol. The van der Waals surface area contributed by atoms with Crippen LogP contribution in [0.2, 0.25) is 0 Å². The number of carbonyl (C=O) groups excluding carboxylic acids is 1. The Bertz CT molecular complexity index is 781. The van der Waals surface area contributed by atoms with Gasteiger partial charge in [0.25, 0.3) is 0 Å². The Balaban J connectivity index is 2.05. The van der Waals surface area contributed by atoms with Crippen LogP contribution in [0.15, 0.2) is 28.8 Å². The lowest BCUT2D eigenvalue weighted by atomic mass is 10.1. The number of halogens is 3. The second-order valence-corrected chi connectivity index (χ2v) is 7.08. The third-order valence-electron chi connectivity index (χ3n) is 3.25. The summed E-state index contributed by atoms with van der Waals surface area (Å²) < 4.78 is 51.9. The molecule has 0 fully saturated rings. The highest BCUT2D eigenvalue weighted by atomic mass is 19.4. The molecule has 148 valence electrons. The largest absolute Gasteiger partial charge is 0.484 e. The second kappa shape index (κ2) is 7.98. The van der Waals surface area contributed by atoms with Crippen molar-refractivity contribution in [3.63, 3.8) is 0 Å². The second-order valence-electron chi connectivity index (χ2n) is 7.08. The first-order valence-electron chi connectivity index (χ1n) is 8.28. The van der Waals surface area contributed by atoms with Gasteiger partial charge in [0.05, 0.1) is 6.42 Å². The molecule has 0 unspecified atom stereocenters. The van der Waals surface area contributed by atoms with Crippen molar-refractivity contribution >= 4 is 5.97 Å². The zero-order valence-corrected chi connectivity index (χ0v) is 15.5. The van der Waals surface area contributed by atoms with Gasteiger partial charge in [-0.25, -0.2) is 0 Å². The number of rotatable bonds is 6. The highest BCUT2D eigenvalue weighted by molar-refractivity contribution is 5.70. The molecule has 27 heavy (non-hydrogen) atoms. The number of aromatic nitrogens is 2. The topological polar surface area (TPSA) is 74.5 Å². The predicted octanol–water partition coefficient (Wildman–Crippen LogP) is 4.51. The fourth-order valence-corrected chi connectivity index (χ4v) is 2.16. The molecule has 0 aliphatic heterocycles. The van der Waals surface area contributed by atoms with Crippen molar-refractivity contribution in [2.75, 3.05) is 6.61 Å². The molecule has 1 aromatic carbocycles. The monoisotopic (exact) mass is 386 g/mol. The standard InChI is InChI=1S/C18H21F3N2O4/c1-11(8-14(24)26-17(2,3)4)16-22-15(23-27-16)12-6-5-7-13(9-12)25-10-18(19,20)21/h5-7,9,11H,8,10H2,1-4H3/t11-/m1/s1. The van der Waals surface area contributed by atoms with E-state index in [9.17, 15) is 18.0 Å². The molecule has 2 aromatic rings. The first kappa shape index (κ1) is 20.7. The number of hydrogen-bond donors (Lipinski definition) is 0. The normalized spacial score (nSPS) is 13.3. The Kier molecular flexibility index (Phi) is 6.12. The lowest BCUT2D eigenvalue weighted by Gasteiger charge is -2.20. The molecule has 0 aliphatic carbocycles. The van der Waals surface area contributed by atoms with Crippen LogP contribution < -0.4 is 4.74 Å². The van der Waals surface area contributed by atoms with Crippen LogP contribution in [0.5, 0.6) is 5.75 Å². The van der Waals surface area contributed by atoms with Gasteiger partial charge >= 0.3 is 12.1 Å². The van der Waals surface area contributed by atoms with Crippen LogP contribution in [0, 0.1) is 0 Å². The molecule has 0 saturated carbocycles. The highest BCUT2D eigenvalue weighted by Crippen LogP contribution is 2.26. The molecule has 0 N–H and O–H groups in total. The SMILES string of the molecule is C[C@H](CC(=O)OC(C)(C)C)c1nc(-c2cccc(OCC(F)(F)F)c2)no1. The Morgan fingerprint density at radius 1 is 1.26 bits per heavy atom. The number of benzene rings is 1. The minimum Gasteiger partial charge on any atom is -0.484 e. The van der Waals surface area contributed by atoms with E-state index < -0.39 is 24.4 Å². The molecule has 9 heteroatoms. The lowest BCUT2D eigenvalue weighted by Crippen LogP contribution is -2.24. The van der Waals surface area contributed by atoms with Gasteiger partial charge in [-0.15, -0.1) is 0 Å². The molecular formula is C18H21F3N2O4. The van der Waals surface area contributed by atoms with E-state index in [1.807, 2.05) is 0 Å². The summed E-state index contributed by atoms with van der Waals surface area (Å²) in [7, 11) is 0. The van der Waals surface area contributed by atoms with E-state index in [1.165, 1.54) is 18.2 Å². The molecule has 0 aliphatic rings. The molecule has 0 saturated heterocycles. The molecule has 0 bridgehead atoms. The third-order valence-corrected chi connectivity index (χ3v) is 3.25. The Hall–Kier alpha value is -2.58. The molecule has 6 nitrogen and oxygen atoms in total. The molecule has 1 heterocycles. The van der Waals surface area contributed by atoms with E-state index in [0.717, 1.165) is 0 Å². The van der Waals surface area contributed by atoms with Gasteiger partial charge < -0.3 is 14.0 Å². The van der Waals surface area contributed by atoms with Crippen LogP contribution in [0.1, 0.15) is 45.9 Å². The van der Waals surface area contributed by atoms with Gasteiger partial charge in [0.1, 0.15) is 11.4 Å². The summed E-state index contributed by atoms with van der Waals surface area (Å²) in [6, 6.07) is 5.94. The summed E-state index contributed by atoms with van der Waals surface area (Å²) in [6.07, 6.45) is -4.36. The van der Waals surface area contributed by atoms with E-state index in [-0.39, 0.29) is 29.8 Å². The Morgan fingerprint density at radius 2 is 1.96 bits per heavy atom. The quantitative estimate of drug-likeness (QED) is 0.680. The molecule has 0 radical (unpaired) electrons. The maximum absolute atomic E-state index is 12.3. The van der Waals surface area contributed by atoms with Crippen molar-refractivity contribution in [2.45, 2.75) is 51.8 Å². The first-order chi connectivity index (χ1) is 12.4. The zero-order chi connectivity index (χ0) is 20.2. The molecule has 1 aromatic heterocycles. The van der Waals surface area contributed by atoms with Gasteiger partial charge in [0, 0.05) is 11.5 Å². The number of ether oxygens (including phenoxy) is 2. The summed E-state index contributed by atoms with van der Waals surface area (Å²) in [5.74, 6) is -0.294. The Labute approximate surface area is 154 Å². The van der Waals surface area contributed by atoms with E-state index in [0.29, 0.717) is 5.56 Å². The van der Waals surface area contributed by atoms with Crippen LogP contribution in [-0.2, 0) is 9.53 Å². The zero-order valence-electron chi connectivity index (χ0n) is 15.5. The van der Waals surface area contributed by atoms with Crippen LogP contribution in [0.3, 0.4) is 0 Å². The fourth-order valence-electron chi connectivity index (χ4n) is 2.16. The van der Waals surface area contributed by atoms with Crippen molar-refractivity contribution in [2.24, 2.45) is 0 Å². The molecule has 0 amide bonds. The van der Waals surface area contributed by atoms with Gasteiger partial charge in [-0.1, -0.05) is 24.2 Å². The number of esters is 1. The van der Waals surface area contributed by atoms with Crippen molar-refractivity contribution in [1.82, 2.24) is 10.1 Å². The summed E-state index contributed by atoms with van der Waals surface area (Å²) in [5.41, 5.74) is -0.151. The smallest absolute Gasteiger partial charge is 0.422 e. The van der Waals surface area contributed by atoms with Crippen molar-refractivity contribution in [3.05, 3.63) is 30.2 Å². The summed E-state index contributed by atoms with van der Waals surface area (Å²) in [5, 5.41) is 3.82. The fraction of sp³-hybridized carbons (Fsp3) is 0.500. The number of nitrogens with zero attached hydrogens (tertiary/aromatic N) is 2. The first-order valence-corrected chi connectivity index (χ1v) is 8.28. The summed E-state index contributed by atoms with van der Waals surface area (Å²) in [6.45, 7) is 5.67. The van der Waals surface area contributed by atoms with E-state index in [2.05, 4.69) is 10.1 Å². The maximum atomic E-state index is 12.3. The predicted molar refractivity (Wildman–Crippen MR) is 90.2 cm³/mol. The van der Waals surface area contributed by atoms with Crippen LogP contribution >= 0.6 is 0 Å². The highest BCUT2D eigenvalue weighted by Gasteiger charge is 2.28. The lowest BCUT2D eigenvalue weighted by molar-refractivity contribution is -0.155. The Morgan fingerprint density at radius 3 is 2.59 bits per heavy atom.